The van der Waals surface area contributed by atoms with Crippen molar-refractivity contribution in [1.29, 1.82) is 0 Å². The van der Waals surface area contributed by atoms with E-state index in [1.54, 1.807) is 6.20 Å². The molecule has 112 valence electrons. The number of carbonyl (C=O) groups excluding carboxylic acids is 1. The van der Waals surface area contributed by atoms with Gasteiger partial charge in [0.25, 0.3) is 0 Å². The van der Waals surface area contributed by atoms with Crippen LogP contribution in [0.25, 0.3) is 5.57 Å². The third-order valence-corrected chi connectivity index (χ3v) is 3.47. The number of carbonyl (C=O) groups is 1. The molecule has 2 aromatic rings. The molecular formula is C18H18N2O2. The van der Waals surface area contributed by atoms with Gasteiger partial charge in [0.1, 0.15) is 5.75 Å². The van der Waals surface area contributed by atoms with Crippen molar-refractivity contribution in [3.05, 3.63) is 54.0 Å². The van der Waals surface area contributed by atoms with Crippen LogP contribution in [-0.4, -0.2) is 15.8 Å². The zero-order valence-electron chi connectivity index (χ0n) is 13.0. The summed E-state index contributed by atoms with van der Waals surface area (Å²) in [6.07, 6.45) is 4.15. The molecule has 1 heterocycles. The molecule has 0 aliphatic heterocycles. The van der Waals surface area contributed by atoms with Crippen LogP contribution < -0.4 is 4.74 Å². The zero-order chi connectivity index (χ0) is 15.7. The standard InChI is InChI=1S/C18H18N2O2/c1-18(2,3)17(21)13-9-10-14-16(13)20-15(11-19-14)22-12-7-5-4-6-8-12/h4-9,11H,10H2,1-3H3. The second kappa shape index (κ2) is 5.37. The number of hydrogen-bond acceptors (Lipinski definition) is 4. The predicted octanol–water partition coefficient (Wildman–Crippen LogP) is 3.82. The van der Waals surface area contributed by atoms with E-state index >= 15 is 0 Å². The molecule has 0 N–H and O–H groups in total. The number of Topliss-reactive ketones (excluding diaryl/α,β-unsaturated/α-hetero) is 1. The maximum Gasteiger partial charge on any atom is 0.238 e. The number of allylic oxidation sites excluding steroid dienone is 2. The minimum atomic E-state index is -0.439. The number of benzene rings is 1. The van der Waals surface area contributed by atoms with Crippen LogP contribution in [0.1, 0.15) is 32.2 Å². The summed E-state index contributed by atoms with van der Waals surface area (Å²) in [5, 5.41) is 0. The Morgan fingerprint density at radius 2 is 1.91 bits per heavy atom. The van der Waals surface area contributed by atoms with Crippen LogP contribution in [-0.2, 0) is 11.2 Å². The van der Waals surface area contributed by atoms with Gasteiger partial charge in [-0.05, 0) is 12.1 Å². The molecule has 0 bridgehead atoms. The largest absolute Gasteiger partial charge is 0.437 e. The van der Waals surface area contributed by atoms with Gasteiger partial charge in [0, 0.05) is 17.4 Å². The molecule has 4 nitrogen and oxygen atoms in total. The monoisotopic (exact) mass is 294 g/mol. The summed E-state index contributed by atoms with van der Waals surface area (Å²) in [7, 11) is 0. The lowest BCUT2D eigenvalue weighted by atomic mass is 9.86. The lowest BCUT2D eigenvalue weighted by Crippen LogP contribution is -2.21. The molecule has 0 atom stereocenters. The molecule has 1 aromatic carbocycles. The summed E-state index contributed by atoms with van der Waals surface area (Å²) >= 11 is 0. The molecule has 0 unspecified atom stereocenters. The maximum absolute atomic E-state index is 12.5. The van der Waals surface area contributed by atoms with E-state index in [9.17, 15) is 4.79 Å². The van der Waals surface area contributed by atoms with E-state index < -0.39 is 5.41 Å². The first-order valence-electron chi connectivity index (χ1n) is 7.29. The Labute approximate surface area is 129 Å². The van der Waals surface area contributed by atoms with Gasteiger partial charge in [-0.25, -0.2) is 4.98 Å². The van der Waals surface area contributed by atoms with Crippen molar-refractivity contribution in [2.45, 2.75) is 27.2 Å². The van der Waals surface area contributed by atoms with Crippen LogP contribution in [0.5, 0.6) is 11.6 Å². The SMILES string of the molecule is CC(C)(C)C(=O)C1=CCc2ncc(Oc3ccccc3)nc21. The molecule has 1 aromatic heterocycles. The molecule has 1 aliphatic carbocycles. The second-order valence-electron chi connectivity index (χ2n) is 6.32. The first-order valence-corrected chi connectivity index (χ1v) is 7.29. The highest BCUT2D eigenvalue weighted by Gasteiger charge is 2.31. The first-order chi connectivity index (χ1) is 10.4. The van der Waals surface area contributed by atoms with E-state index in [1.165, 1.54) is 0 Å². The summed E-state index contributed by atoms with van der Waals surface area (Å²) < 4.78 is 5.71. The molecular weight excluding hydrogens is 276 g/mol. The van der Waals surface area contributed by atoms with Crippen LogP contribution in [0, 0.1) is 5.41 Å². The van der Waals surface area contributed by atoms with Crippen molar-refractivity contribution in [2.24, 2.45) is 5.41 Å². The number of para-hydroxylation sites is 1. The molecule has 0 saturated heterocycles. The average molecular weight is 294 g/mol. The van der Waals surface area contributed by atoms with Crippen molar-refractivity contribution in [1.82, 2.24) is 9.97 Å². The molecule has 3 rings (SSSR count). The van der Waals surface area contributed by atoms with Crippen LogP contribution >= 0.6 is 0 Å². The lowest BCUT2D eigenvalue weighted by molar-refractivity contribution is -0.120. The predicted molar refractivity (Wildman–Crippen MR) is 84.7 cm³/mol. The third-order valence-electron chi connectivity index (χ3n) is 3.47. The molecule has 4 heteroatoms. The smallest absolute Gasteiger partial charge is 0.238 e. The summed E-state index contributed by atoms with van der Waals surface area (Å²) in [5.74, 6) is 1.18. The number of ether oxygens (including phenoxy) is 1. The maximum atomic E-state index is 12.5. The summed E-state index contributed by atoms with van der Waals surface area (Å²) in [4.78, 5) is 21.4. The molecule has 22 heavy (non-hydrogen) atoms. The zero-order valence-corrected chi connectivity index (χ0v) is 13.0. The Kier molecular flexibility index (Phi) is 3.53. The number of hydrogen-bond donors (Lipinski definition) is 0. The normalized spacial score (nSPS) is 13.5. The topological polar surface area (TPSA) is 52.1 Å². The van der Waals surface area contributed by atoms with Crippen LogP contribution in [0.2, 0.25) is 0 Å². The molecule has 1 aliphatic rings. The van der Waals surface area contributed by atoms with Crippen LogP contribution in [0.15, 0.2) is 42.6 Å². The van der Waals surface area contributed by atoms with Gasteiger partial charge in [-0.2, -0.15) is 0 Å². The van der Waals surface area contributed by atoms with Crippen molar-refractivity contribution in [2.75, 3.05) is 0 Å². The van der Waals surface area contributed by atoms with Crippen LogP contribution in [0.3, 0.4) is 0 Å². The van der Waals surface area contributed by atoms with Gasteiger partial charge in [-0.1, -0.05) is 45.0 Å². The van der Waals surface area contributed by atoms with Crippen molar-refractivity contribution in [3.63, 3.8) is 0 Å². The highest BCUT2D eigenvalue weighted by molar-refractivity contribution is 6.23. The van der Waals surface area contributed by atoms with E-state index in [2.05, 4.69) is 9.97 Å². The minimum Gasteiger partial charge on any atom is -0.437 e. The Balaban J connectivity index is 1.91. The Morgan fingerprint density at radius 3 is 2.59 bits per heavy atom. The van der Waals surface area contributed by atoms with Gasteiger partial charge in [-0.3, -0.25) is 9.78 Å². The summed E-state index contributed by atoms with van der Waals surface area (Å²) in [5.41, 5.74) is 1.68. The highest BCUT2D eigenvalue weighted by Crippen LogP contribution is 2.33. The fourth-order valence-electron chi connectivity index (χ4n) is 2.32. The first kappa shape index (κ1) is 14.4. The van der Waals surface area contributed by atoms with Crippen LogP contribution in [0.4, 0.5) is 0 Å². The quantitative estimate of drug-likeness (QED) is 0.863. The van der Waals surface area contributed by atoms with E-state index in [-0.39, 0.29) is 5.78 Å². The molecule has 0 saturated carbocycles. The summed E-state index contributed by atoms with van der Waals surface area (Å²) in [6.45, 7) is 5.73. The molecule has 0 fully saturated rings. The Bertz CT molecular complexity index is 743. The van der Waals surface area contributed by atoms with E-state index in [1.807, 2.05) is 57.2 Å². The number of rotatable bonds is 3. The van der Waals surface area contributed by atoms with Crippen molar-refractivity contribution < 1.29 is 9.53 Å². The van der Waals surface area contributed by atoms with Gasteiger partial charge in [0.05, 0.1) is 17.6 Å². The molecule has 0 amide bonds. The van der Waals surface area contributed by atoms with Gasteiger partial charge in [0.15, 0.2) is 5.78 Å². The highest BCUT2D eigenvalue weighted by atomic mass is 16.5. The summed E-state index contributed by atoms with van der Waals surface area (Å²) in [6, 6.07) is 9.41. The average Bonchev–Trinajstić information content (AvgIpc) is 2.89. The number of ketones is 1. The lowest BCUT2D eigenvalue weighted by Gasteiger charge is -2.17. The van der Waals surface area contributed by atoms with E-state index in [0.29, 0.717) is 29.3 Å². The number of aromatic nitrogens is 2. The van der Waals surface area contributed by atoms with Crippen molar-refractivity contribution >= 4 is 11.4 Å². The Morgan fingerprint density at radius 1 is 1.18 bits per heavy atom. The molecule has 0 radical (unpaired) electrons. The van der Waals surface area contributed by atoms with Gasteiger partial charge >= 0.3 is 0 Å². The van der Waals surface area contributed by atoms with Gasteiger partial charge in [-0.15, -0.1) is 0 Å². The fourth-order valence-corrected chi connectivity index (χ4v) is 2.32. The van der Waals surface area contributed by atoms with Gasteiger partial charge in [0.2, 0.25) is 5.88 Å². The third kappa shape index (κ3) is 2.77. The van der Waals surface area contributed by atoms with E-state index in [4.69, 9.17) is 4.74 Å². The fraction of sp³-hybridized carbons (Fsp3) is 0.278. The van der Waals surface area contributed by atoms with E-state index in [0.717, 1.165) is 5.69 Å². The van der Waals surface area contributed by atoms with Crippen molar-refractivity contribution in [3.8, 4) is 11.6 Å². The second-order valence-corrected chi connectivity index (χ2v) is 6.32. The number of nitrogens with zero attached hydrogens (tertiary/aromatic N) is 2. The minimum absolute atomic E-state index is 0.0809. The number of fused-ring (bicyclic) bond motifs is 1. The Hall–Kier alpha value is -2.49. The molecule has 0 spiro atoms. The van der Waals surface area contributed by atoms with Gasteiger partial charge < -0.3 is 4.74 Å².